The lowest BCUT2D eigenvalue weighted by Crippen LogP contribution is -2.25. The van der Waals surface area contributed by atoms with Crippen molar-refractivity contribution < 1.29 is 9.47 Å². The molecule has 1 heterocycles. The molecule has 1 aliphatic heterocycles. The lowest BCUT2D eigenvalue weighted by molar-refractivity contribution is 0.0901. The van der Waals surface area contributed by atoms with E-state index >= 15 is 0 Å². The molecule has 19 heavy (non-hydrogen) atoms. The Bertz CT molecular complexity index is 576. The number of rotatable bonds is 3. The first kappa shape index (κ1) is 12.5. The zero-order chi connectivity index (χ0) is 13.2. The van der Waals surface area contributed by atoms with Crippen LogP contribution in [0.1, 0.15) is 24.4 Å². The summed E-state index contributed by atoms with van der Waals surface area (Å²) in [5, 5.41) is 2.36. The summed E-state index contributed by atoms with van der Waals surface area (Å²) in [7, 11) is 1.68. The van der Waals surface area contributed by atoms with Gasteiger partial charge < -0.3 is 15.2 Å². The predicted molar refractivity (Wildman–Crippen MR) is 76.4 cm³/mol. The van der Waals surface area contributed by atoms with Gasteiger partial charge in [-0.25, -0.2) is 0 Å². The molecule has 2 aromatic carbocycles. The van der Waals surface area contributed by atoms with Gasteiger partial charge in [-0.15, -0.1) is 0 Å². The molecule has 2 aromatic rings. The van der Waals surface area contributed by atoms with Crippen molar-refractivity contribution in [3.8, 4) is 5.75 Å². The molecular formula is C16H19NO2. The van der Waals surface area contributed by atoms with Crippen LogP contribution in [0.15, 0.2) is 36.4 Å². The molecule has 1 aliphatic rings. The molecule has 0 bridgehead atoms. The highest BCUT2D eigenvalue weighted by molar-refractivity contribution is 5.84. The van der Waals surface area contributed by atoms with E-state index in [0.717, 1.165) is 30.8 Å². The minimum absolute atomic E-state index is 0.0333. The molecule has 0 radical (unpaired) electrons. The predicted octanol–water partition coefficient (Wildman–Crippen LogP) is 3.03. The van der Waals surface area contributed by atoms with E-state index in [4.69, 9.17) is 15.2 Å². The summed E-state index contributed by atoms with van der Waals surface area (Å²) in [4.78, 5) is 0. The Balaban J connectivity index is 1.92. The Labute approximate surface area is 113 Å². The van der Waals surface area contributed by atoms with Gasteiger partial charge in [-0.3, -0.25) is 0 Å². The summed E-state index contributed by atoms with van der Waals surface area (Å²) in [5.41, 5.74) is 7.44. The van der Waals surface area contributed by atoms with Crippen molar-refractivity contribution in [2.24, 2.45) is 5.73 Å². The Morgan fingerprint density at radius 1 is 1.21 bits per heavy atom. The lowest BCUT2D eigenvalue weighted by Gasteiger charge is -2.19. The molecule has 1 saturated heterocycles. The molecule has 3 heteroatoms. The average Bonchev–Trinajstić information content (AvgIpc) is 2.99. The van der Waals surface area contributed by atoms with Gasteiger partial charge in [0.25, 0.3) is 0 Å². The van der Waals surface area contributed by atoms with Crippen LogP contribution in [0.3, 0.4) is 0 Å². The maximum atomic E-state index is 6.30. The van der Waals surface area contributed by atoms with Gasteiger partial charge in [-0.1, -0.05) is 18.2 Å². The first-order valence-corrected chi connectivity index (χ1v) is 6.73. The van der Waals surface area contributed by atoms with E-state index in [-0.39, 0.29) is 12.1 Å². The zero-order valence-electron chi connectivity index (χ0n) is 11.1. The van der Waals surface area contributed by atoms with Crippen molar-refractivity contribution in [2.45, 2.75) is 25.0 Å². The van der Waals surface area contributed by atoms with Gasteiger partial charge in [-0.2, -0.15) is 0 Å². The maximum Gasteiger partial charge on any atom is 0.119 e. The number of hydrogen-bond donors (Lipinski definition) is 1. The first-order valence-electron chi connectivity index (χ1n) is 6.73. The quantitative estimate of drug-likeness (QED) is 0.919. The highest BCUT2D eigenvalue weighted by Crippen LogP contribution is 2.28. The number of methoxy groups -OCH3 is 1. The first-order chi connectivity index (χ1) is 9.28. The second-order valence-corrected chi connectivity index (χ2v) is 5.05. The molecule has 2 N–H and O–H groups in total. The van der Waals surface area contributed by atoms with Crippen LogP contribution in [0.4, 0.5) is 0 Å². The van der Waals surface area contributed by atoms with Gasteiger partial charge in [0.05, 0.1) is 19.3 Å². The average molecular weight is 257 g/mol. The fourth-order valence-corrected chi connectivity index (χ4v) is 2.68. The van der Waals surface area contributed by atoms with Crippen molar-refractivity contribution >= 4 is 10.8 Å². The summed E-state index contributed by atoms with van der Waals surface area (Å²) >= 11 is 0. The normalized spacial score (nSPS) is 20.6. The third kappa shape index (κ3) is 2.44. The van der Waals surface area contributed by atoms with Crippen LogP contribution in [-0.4, -0.2) is 19.8 Å². The maximum absolute atomic E-state index is 6.30. The van der Waals surface area contributed by atoms with E-state index in [1.54, 1.807) is 7.11 Å². The highest BCUT2D eigenvalue weighted by Gasteiger charge is 2.24. The molecule has 1 fully saturated rings. The summed E-state index contributed by atoms with van der Waals surface area (Å²) in [6.45, 7) is 0.836. The number of fused-ring (bicyclic) bond motifs is 1. The lowest BCUT2D eigenvalue weighted by atomic mass is 9.97. The molecule has 3 rings (SSSR count). The smallest absolute Gasteiger partial charge is 0.119 e. The summed E-state index contributed by atoms with van der Waals surface area (Å²) in [6.07, 6.45) is 2.33. The van der Waals surface area contributed by atoms with Crippen LogP contribution in [0, 0.1) is 0 Å². The van der Waals surface area contributed by atoms with Crippen LogP contribution in [0.5, 0.6) is 5.75 Å². The standard InChI is InChI=1S/C16H19NO2/c1-18-14-7-6-11-9-13(5-4-12(11)10-14)16(17)15-3-2-8-19-15/h4-7,9-10,15-16H,2-3,8,17H2,1H3. The van der Waals surface area contributed by atoms with Crippen LogP contribution >= 0.6 is 0 Å². The van der Waals surface area contributed by atoms with Crippen molar-refractivity contribution in [1.29, 1.82) is 0 Å². The Hall–Kier alpha value is -1.58. The highest BCUT2D eigenvalue weighted by atomic mass is 16.5. The van der Waals surface area contributed by atoms with E-state index in [1.807, 2.05) is 12.1 Å². The van der Waals surface area contributed by atoms with Gasteiger partial charge in [0.15, 0.2) is 0 Å². The molecule has 0 aliphatic carbocycles. The SMILES string of the molecule is COc1ccc2cc(C(N)C3CCCO3)ccc2c1. The number of benzene rings is 2. The summed E-state index contributed by atoms with van der Waals surface area (Å²) in [6, 6.07) is 12.4. The Morgan fingerprint density at radius 2 is 2.00 bits per heavy atom. The minimum Gasteiger partial charge on any atom is -0.497 e. The molecule has 0 spiro atoms. The molecule has 0 amide bonds. The van der Waals surface area contributed by atoms with E-state index in [1.165, 1.54) is 10.8 Å². The second-order valence-electron chi connectivity index (χ2n) is 5.05. The Morgan fingerprint density at radius 3 is 2.74 bits per heavy atom. The van der Waals surface area contributed by atoms with Crippen molar-refractivity contribution in [1.82, 2.24) is 0 Å². The molecule has 3 nitrogen and oxygen atoms in total. The molecule has 2 unspecified atom stereocenters. The van der Waals surface area contributed by atoms with E-state index in [2.05, 4.69) is 24.3 Å². The number of hydrogen-bond acceptors (Lipinski definition) is 3. The van der Waals surface area contributed by atoms with Gasteiger partial charge in [-0.05, 0) is 47.4 Å². The topological polar surface area (TPSA) is 44.5 Å². The summed E-state index contributed by atoms with van der Waals surface area (Å²) in [5.74, 6) is 0.878. The van der Waals surface area contributed by atoms with Gasteiger partial charge in [0, 0.05) is 6.61 Å². The van der Waals surface area contributed by atoms with Crippen molar-refractivity contribution in [2.75, 3.05) is 13.7 Å². The van der Waals surface area contributed by atoms with E-state index < -0.39 is 0 Å². The van der Waals surface area contributed by atoms with Crippen molar-refractivity contribution in [3.63, 3.8) is 0 Å². The van der Waals surface area contributed by atoms with Gasteiger partial charge >= 0.3 is 0 Å². The van der Waals surface area contributed by atoms with Crippen LogP contribution < -0.4 is 10.5 Å². The van der Waals surface area contributed by atoms with Gasteiger partial charge in [0.2, 0.25) is 0 Å². The monoisotopic (exact) mass is 257 g/mol. The van der Waals surface area contributed by atoms with Crippen LogP contribution in [0.2, 0.25) is 0 Å². The minimum atomic E-state index is -0.0333. The molecule has 100 valence electrons. The fraction of sp³-hybridized carbons (Fsp3) is 0.375. The van der Waals surface area contributed by atoms with Crippen LogP contribution in [-0.2, 0) is 4.74 Å². The van der Waals surface area contributed by atoms with Gasteiger partial charge in [0.1, 0.15) is 5.75 Å². The molecule has 0 aromatic heterocycles. The molecule has 2 atom stereocenters. The summed E-state index contributed by atoms with van der Waals surface area (Å²) < 4.78 is 10.9. The molecular weight excluding hydrogens is 238 g/mol. The van der Waals surface area contributed by atoms with Crippen LogP contribution in [0.25, 0.3) is 10.8 Å². The van der Waals surface area contributed by atoms with E-state index in [0.29, 0.717) is 0 Å². The third-order valence-electron chi connectivity index (χ3n) is 3.82. The largest absolute Gasteiger partial charge is 0.497 e. The van der Waals surface area contributed by atoms with Crippen molar-refractivity contribution in [3.05, 3.63) is 42.0 Å². The van der Waals surface area contributed by atoms with E-state index in [9.17, 15) is 0 Å². The number of nitrogens with two attached hydrogens (primary N) is 1. The fourth-order valence-electron chi connectivity index (χ4n) is 2.68. The second kappa shape index (κ2) is 5.19. The zero-order valence-corrected chi connectivity index (χ0v) is 11.1. The Kier molecular flexibility index (Phi) is 3.40. The molecule has 0 saturated carbocycles. The third-order valence-corrected chi connectivity index (χ3v) is 3.82. The number of ether oxygens (including phenoxy) is 2.